The van der Waals surface area contributed by atoms with E-state index in [1.807, 2.05) is 42.5 Å². The lowest BCUT2D eigenvalue weighted by Gasteiger charge is -2.18. The van der Waals surface area contributed by atoms with Gasteiger partial charge in [-0.1, -0.05) is 54.7 Å². The first-order chi connectivity index (χ1) is 10.3. The molecule has 3 heteroatoms. The largest absolute Gasteiger partial charge is 0.349 e. The molecule has 1 aromatic carbocycles. The summed E-state index contributed by atoms with van der Waals surface area (Å²) in [6.07, 6.45) is 8.25. The number of pyridine rings is 1. The molecule has 1 N–H and O–H groups in total. The number of aryl methyl sites for hydroxylation is 1. The molecule has 0 spiro atoms. The van der Waals surface area contributed by atoms with Crippen molar-refractivity contribution in [3.63, 3.8) is 0 Å². The molecular weight excluding hydrogens is 276 g/mol. The first-order valence-corrected chi connectivity index (χ1v) is 7.61. The van der Waals surface area contributed by atoms with Gasteiger partial charge in [0.2, 0.25) is 0 Å². The molecule has 1 heterocycles. The van der Waals surface area contributed by atoms with Gasteiger partial charge in [0, 0.05) is 11.3 Å². The maximum atomic E-state index is 9.55. The lowest BCUT2D eigenvalue weighted by molar-refractivity contribution is 0.665. The number of nitrogens with zero attached hydrogens (tertiary/aromatic N) is 1. The van der Waals surface area contributed by atoms with Crippen molar-refractivity contribution in [3.05, 3.63) is 62.9 Å². The lowest BCUT2D eigenvalue weighted by atomic mass is 9.90. The first-order valence-electron chi connectivity index (χ1n) is 7.21. The molecule has 0 radical (unpaired) electrons. The molecule has 0 saturated heterocycles. The van der Waals surface area contributed by atoms with Crippen LogP contribution >= 0.6 is 12.2 Å². The van der Waals surface area contributed by atoms with E-state index in [1.54, 1.807) is 0 Å². The van der Waals surface area contributed by atoms with Gasteiger partial charge in [-0.15, -0.1) is 0 Å². The second-order valence-corrected chi connectivity index (χ2v) is 5.67. The SMILES string of the molecule is N#Cc1c2c([nH]c(=S)c1/C=C/c1ccccc1)CCCC2. The van der Waals surface area contributed by atoms with Crippen molar-refractivity contribution in [1.29, 1.82) is 5.26 Å². The molecule has 0 atom stereocenters. The van der Waals surface area contributed by atoms with E-state index in [9.17, 15) is 5.26 Å². The standard InChI is InChI=1S/C18H16N2S/c19-12-16-14-8-4-5-9-17(14)20-18(21)15(16)11-10-13-6-2-1-3-7-13/h1-3,6-7,10-11H,4-5,8-9H2,(H,20,21)/b11-10+. The third kappa shape index (κ3) is 2.81. The summed E-state index contributed by atoms with van der Waals surface area (Å²) in [6, 6.07) is 12.4. The van der Waals surface area contributed by atoms with Gasteiger partial charge in [-0.05, 0) is 36.8 Å². The Bertz CT molecular complexity index is 779. The molecule has 0 bridgehead atoms. The van der Waals surface area contributed by atoms with E-state index in [2.05, 4.69) is 11.1 Å². The number of fused-ring (bicyclic) bond motifs is 1. The highest BCUT2D eigenvalue weighted by molar-refractivity contribution is 7.71. The van der Waals surface area contributed by atoms with Crippen LogP contribution < -0.4 is 0 Å². The number of hydrogen-bond acceptors (Lipinski definition) is 2. The number of H-pyrrole nitrogens is 1. The van der Waals surface area contributed by atoms with Gasteiger partial charge < -0.3 is 4.98 Å². The Kier molecular flexibility index (Phi) is 3.98. The Hall–Kier alpha value is -2.18. The number of hydrogen-bond donors (Lipinski definition) is 1. The maximum Gasteiger partial charge on any atom is 0.112 e. The first kappa shape index (κ1) is 13.8. The van der Waals surface area contributed by atoms with Crippen molar-refractivity contribution in [2.24, 2.45) is 0 Å². The van der Waals surface area contributed by atoms with Gasteiger partial charge in [0.25, 0.3) is 0 Å². The molecule has 0 amide bonds. The van der Waals surface area contributed by atoms with E-state index >= 15 is 0 Å². The molecule has 1 aliphatic rings. The normalized spacial score (nSPS) is 13.9. The second kappa shape index (κ2) is 6.07. The van der Waals surface area contributed by atoms with E-state index in [0.717, 1.165) is 47.2 Å². The molecule has 21 heavy (non-hydrogen) atoms. The zero-order valence-electron chi connectivity index (χ0n) is 11.7. The molecule has 104 valence electrons. The smallest absolute Gasteiger partial charge is 0.112 e. The Morgan fingerprint density at radius 2 is 1.86 bits per heavy atom. The van der Waals surface area contributed by atoms with Crippen molar-refractivity contribution in [3.8, 4) is 6.07 Å². The van der Waals surface area contributed by atoms with Crippen LogP contribution in [0.3, 0.4) is 0 Å². The second-order valence-electron chi connectivity index (χ2n) is 5.26. The minimum Gasteiger partial charge on any atom is -0.349 e. The van der Waals surface area contributed by atoms with Crippen LogP contribution in [0.25, 0.3) is 12.2 Å². The van der Waals surface area contributed by atoms with E-state index in [-0.39, 0.29) is 0 Å². The van der Waals surface area contributed by atoms with Crippen LogP contribution in [0, 0.1) is 16.0 Å². The van der Waals surface area contributed by atoms with Crippen molar-refractivity contribution in [2.45, 2.75) is 25.7 Å². The van der Waals surface area contributed by atoms with Crippen molar-refractivity contribution in [1.82, 2.24) is 4.98 Å². The summed E-state index contributed by atoms with van der Waals surface area (Å²) in [5, 5.41) is 9.55. The van der Waals surface area contributed by atoms with Gasteiger partial charge in [0.1, 0.15) is 10.7 Å². The van der Waals surface area contributed by atoms with Gasteiger partial charge in [0.05, 0.1) is 5.56 Å². The Labute approximate surface area is 129 Å². The summed E-state index contributed by atoms with van der Waals surface area (Å²) < 4.78 is 0.666. The van der Waals surface area contributed by atoms with Crippen molar-refractivity contribution < 1.29 is 0 Å². The fraction of sp³-hybridized carbons (Fsp3) is 0.222. The van der Waals surface area contributed by atoms with Crippen LogP contribution in [0.1, 0.15) is 40.8 Å². The van der Waals surface area contributed by atoms with Crippen molar-refractivity contribution >= 4 is 24.4 Å². The third-order valence-electron chi connectivity index (χ3n) is 3.90. The van der Waals surface area contributed by atoms with Gasteiger partial charge in [-0.3, -0.25) is 0 Å². The molecule has 0 unspecified atom stereocenters. The number of benzene rings is 1. The topological polar surface area (TPSA) is 39.6 Å². The summed E-state index contributed by atoms with van der Waals surface area (Å²) >= 11 is 5.45. The zero-order chi connectivity index (χ0) is 14.7. The molecule has 2 nitrogen and oxygen atoms in total. The molecule has 1 aliphatic carbocycles. The molecule has 3 rings (SSSR count). The number of rotatable bonds is 2. The molecule has 0 aliphatic heterocycles. The van der Waals surface area contributed by atoms with E-state index in [0.29, 0.717) is 4.64 Å². The van der Waals surface area contributed by atoms with Crippen molar-refractivity contribution in [2.75, 3.05) is 0 Å². The highest BCUT2D eigenvalue weighted by atomic mass is 32.1. The van der Waals surface area contributed by atoms with Gasteiger partial charge >= 0.3 is 0 Å². The lowest BCUT2D eigenvalue weighted by Crippen LogP contribution is -2.09. The Balaban J connectivity index is 2.09. The zero-order valence-corrected chi connectivity index (χ0v) is 12.5. The number of aromatic nitrogens is 1. The molecule has 0 saturated carbocycles. The maximum absolute atomic E-state index is 9.55. The quantitative estimate of drug-likeness (QED) is 0.817. The van der Waals surface area contributed by atoms with E-state index in [4.69, 9.17) is 12.2 Å². The predicted octanol–water partition coefficient (Wildman–Crippen LogP) is 4.67. The summed E-state index contributed by atoms with van der Waals surface area (Å²) in [5.74, 6) is 0. The van der Waals surface area contributed by atoms with E-state index < -0.39 is 0 Å². The average Bonchev–Trinajstić information content (AvgIpc) is 2.53. The molecule has 0 fully saturated rings. The molecule has 2 aromatic rings. The van der Waals surface area contributed by atoms with Crippen LogP contribution in [0.2, 0.25) is 0 Å². The Morgan fingerprint density at radius 1 is 1.10 bits per heavy atom. The highest BCUT2D eigenvalue weighted by Crippen LogP contribution is 2.26. The Morgan fingerprint density at radius 3 is 2.62 bits per heavy atom. The third-order valence-corrected chi connectivity index (χ3v) is 4.22. The summed E-state index contributed by atoms with van der Waals surface area (Å²) in [5.41, 5.74) is 5.01. The minimum atomic E-state index is 0.666. The van der Waals surface area contributed by atoms with Crippen LogP contribution in [0.15, 0.2) is 30.3 Å². The highest BCUT2D eigenvalue weighted by Gasteiger charge is 2.17. The molecular formula is C18H16N2S. The summed E-state index contributed by atoms with van der Waals surface area (Å²) in [6.45, 7) is 0. The fourth-order valence-electron chi connectivity index (χ4n) is 2.83. The fourth-order valence-corrected chi connectivity index (χ4v) is 3.12. The average molecular weight is 292 g/mol. The minimum absolute atomic E-state index is 0.666. The van der Waals surface area contributed by atoms with Crippen LogP contribution in [-0.4, -0.2) is 4.98 Å². The summed E-state index contributed by atoms with van der Waals surface area (Å²) in [7, 11) is 0. The van der Waals surface area contributed by atoms with Crippen LogP contribution in [0.4, 0.5) is 0 Å². The number of aromatic amines is 1. The van der Waals surface area contributed by atoms with E-state index in [1.165, 1.54) is 6.42 Å². The van der Waals surface area contributed by atoms with Gasteiger partial charge in [0.15, 0.2) is 0 Å². The van der Waals surface area contributed by atoms with Gasteiger partial charge in [-0.2, -0.15) is 5.26 Å². The number of nitrogens with one attached hydrogen (secondary N) is 1. The predicted molar refractivity (Wildman–Crippen MR) is 88.4 cm³/mol. The number of nitriles is 1. The molecule has 1 aromatic heterocycles. The van der Waals surface area contributed by atoms with Gasteiger partial charge in [-0.25, -0.2) is 0 Å². The summed E-state index contributed by atoms with van der Waals surface area (Å²) in [4.78, 5) is 3.32. The van der Waals surface area contributed by atoms with Crippen LogP contribution in [0.5, 0.6) is 0 Å². The monoisotopic (exact) mass is 292 g/mol. The van der Waals surface area contributed by atoms with Crippen LogP contribution in [-0.2, 0) is 12.8 Å².